The lowest BCUT2D eigenvalue weighted by atomic mass is 10.0. The van der Waals surface area contributed by atoms with E-state index in [0.29, 0.717) is 16.3 Å². The van der Waals surface area contributed by atoms with Crippen molar-refractivity contribution in [1.29, 1.82) is 0 Å². The molecular weight excluding hydrogens is 525 g/mol. The second kappa shape index (κ2) is 9.97. The summed E-state index contributed by atoms with van der Waals surface area (Å²) >= 11 is 5.92. The van der Waals surface area contributed by atoms with Gasteiger partial charge in [-0.1, -0.05) is 11.6 Å². The van der Waals surface area contributed by atoms with Gasteiger partial charge in [-0.05, 0) is 80.1 Å². The average Bonchev–Trinajstić information content (AvgIpc) is 3.02. The highest BCUT2D eigenvalue weighted by atomic mass is 35.5. The molecule has 12 heteroatoms. The number of imide groups is 1. The smallest absolute Gasteiger partial charge is 0.406 e. The molecule has 38 heavy (non-hydrogen) atoms. The minimum Gasteiger partial charge on any atom is -0.406 e. The maximum atomic E-state index is 13.3. The molecule has 0 saturated carbocycles. The standard InChI is InChI=1S/C26H22ClF3N4O4/c1-25(2)23(36)34(19-8-10-20(11-9-19)38-26(28,29)30)24(37)33(25)15-16-12-13-31-21(14-16)22(35)32(3)18-6-4-17(27)5-7-18/h4-14H,15H2,1-3H3. The number of ether oxygens (including phenoxy) is 1. The van der Waals surface area contributed by atoms with Gasteiger partial charge in [0.2, 0.25) is 0 Å². The number of alkyl halides is 3. The van der Waals surface area contributed by atoms with Gasteiger partial charge in [0.05, 0.1) is 5.69 Å². The molecule has 4 rings (SSSR count). The van der Waals surface area contributed by atoms with Gasteiger partial charge in [-0.15, -0.1) is 13.2 Å². The summed E-state index contributed by atoms with van der Waals surface area (Å²) in [6.07, 6.45) is -3.43. The van der Waals surface area contributed by atoms with Crippen LogP contribution in [0.2, 0.25) is 5.02 Å². The number of hydrogen-bond acceptors (Lipinski definition) is 5. The average molecular weight is 547 g/mol. The summed E-state index contributed by atoms with van der Waals surface area (Å²) in [5, 5.41) is 0.529. The number of halogens is 4. The molecule has 2 aromatic carbocycles. The summed E-state index contributed by atoms with van der Waals surface area (Å²) in [4.78, 5) is 47.3. The number of nitrogens with zero attached hydrogens (tertiary/aromatic N) is 4. The van der Waals surface area contributed by atoms with Crippen LogP contribution < -0.4 is 14.5 Å². The first-order valence-corrected chi connectivity index (χ1v) is 11.7. The van der Waals surface area contributed by atoms with Gasteiger partial charge in [0.25, 0.3) is 11.8 Å². The lowest BCUT2D eigenvalue weighted by molar-refractivity contribution is -0.274. The van der Waals surface area contributed by atoms with E-state index in [9.17, 15) is 27.6 Å². The second-order valence-electron chi connectivity index (χ2n) is 9.00. The highest BCUT2D eigenvalue weighted by Gasteiger charge is 2.51. The van der Waals surface area contributed by atoms with Gasteiger partial charge in [-0.3, -0.25) is 14.6 Å². The van der Waals surface area contributed by atoms with Gasteiger partial charge in [-0.2, -0.15) is 0 Å². The maximum Gasteiger partial charge on any atom is 0.573 e. The molecule has 0 spiro atoms. The molecule has 8 nitrogen and oxygen atoms in total. The lowest BCUT2D eigenvalue weighted by Gasteiger charge is -2.28. The van der Waals surface area contributed by atoms with E-state index in [1.807, 2.05) is 0 Å². The second-order valence-corrected chi connectivity index (χ2v) is 9.44. The van der Waals surface area contributed by atoms with E-state index in [-0.39, 0.29) is 23.8 Å². The van der Waals surface area contributed by atoms with Crippen molar-refractivity contribution in [3.8, 4) is 5.75 Å². The fourth-order valence-corrected chi connectivity index (χ4v) is 4.08. The van der Waals surface area contributed by atoms with Crippen LogP contribution in [0, 0.1) is 0 Å². The molecule has 0 radical (unpaired) electrons. The van der Waals surface area contributed by atoms with Gasteiger partial charge in [-0.25, -0.2) is 9.69 Å². The van der Waals surface area contributed by atoms with Crippen LogP contribution in [0.25, 0.3) is 0 Å². The lowest BCUT2D eigenvalue weighted by Crippen LogP contribution is -2.43. The summed E-state index contributed by atoms with van der Waals surface area (Å²) in [6, 6.07) is 13.7. The predicted molar refractivity (Wildman–Crippen MR) is 134 cm³/mol. The normalized spacial score (nSPS) is 15.1. The Morgan fingerprint density at radius 1 is 1.05 bits per heavy atom. The van der Waals surface area contributed by atoms with Crippen LogP contribution in [0.15, 0.2) is 66.9 Å². The van der Waals surface area contributed by atoms with Gasteiger partial charge in [0.1, 0.15) is 17.0 Å². The summed E-state index contributed by atoms with van der Waals surface area (Å²) in [5.74, 6) is -1.42. The van der Waals surface area contributed by atoms with Gasteiger partial charge < -0.3 is 14.5 Å². The van der Waals surface area contributed by atoms with E-state index in [1.54, 1.807) is 51.2 Å². The number of pyridine rings is 1. The molecular formula is C26H22ClF3N4O4. The molecule has 0 N–H and O–H groups in total. The van der Waals surface area contributed by atoms with Crippen LogP contribution in [0.3, 0.4) is 0 Å². The molecule has 1 aliphatic rings. The minimum absolute atomic E-state index is 0.0171. The summed E-state index contributed by atoms with van der Waals surface area (Å²) in [7, 11) is 1.59. The van der Waals surface area contributed by atoms with Crippen molar-refractivity contribution >= 4 is 40.8 Å². The Hall–Kier alpha value is -4.12. The third-order valence-corrected chi connectivity index (χ3v) is 6.31. The molecule has 1 fully saturated rings. The zero-order chi connectivity index (χ0) is 27.8. The fourth-order valence-electron chi connectivity index (χ4n) is 3.95. The van der Waals surface area contributed by atoms with Crippen molar-refractivity contribution in [3.05, 3.63) is 83.1 Å². The Kier molecular flexibility index (Phi) is 7.07. The molecule has 198 valence electrons. The number of aromatic nitrogens is 1. The first-order chi connectivity index (χ1) is 17.8. The molecule has 2 heterocycles. The zero-order valence-corrected chi connectivity index (χ0v) is 21.2. The molecule has 4 amide bonds. The number of rotatable bonds is 6. The molecule has 1 aliphatic heterocycles. The van der Waals surface area contributed by atoms with Gasteiger partial charge in [0.15, 0.2) is 0 Å². The Morgan fingerprint density at radius 3 is 2.29 bits per heavy atom. The number of anilines is 2. The van der Waals surface area contributed by atoms with Crippen molar-refractivity contribution in [1.82, 2.24) is 9.88 Å². The van der Waals surface area contributed by atoms with Crippen molar-refractivity contribution in [2.24, 2.45) is 0 Å². The van der Waals surface area contributed by atoms with Gasteiger partial charge in [0, 0.05) is 30.5 Å². The first-order valence-electron chi connectivity index (χ1n) is 11.3. The molecule has 0 unspecified atom stereocenters. The van der Waals surface area contributed by atoms with E-state index < -0.39 is 29.6 Å². The zero-order valence-electron chi connectivity index (χ0n) is 20.5. The summed E-state index contributed by atoms with van der Waals surface area (Å²) < 4.78 is 41.3. The van der Waals surface area contributed by atoms with Crippen LogP contribution in [0.1, 0.15) is 29.9 Å². The third-order valence-electron chi connectivity index (χ3n) is 6.05. The molecule has 0 aliphatic carbocycles. The third kappa shape index (κ3) is 5.42. The highest BCUT2D eigenvalue weighted by molar-refractivity contribution is 6.30. The Bertz CT molecular complexity index is 1380. The SMILES string of the molecule is CN(C(=O)c1cc(CN2C(=O)N(c3ccc(OC(F)(F)F)cc3)C(=O)C2(C)C)ccn1)c1ccc(Cl)cc1. The quantitative estimate of drug-likeness (QED) is 0.373. The Morgan fingerprint density at radius 2 is 1.68 bits per heavy atom. The van der Waals surface area contributed by atoms with Crippen molar-refractivity contribution in [2.75, 3.05) is 16.8 Å². The van der Waals surface area contributed by atoms with Crippen LogP contribution in [-0.2, 0) is 11.3 Å². The van der Waals surface area contributed by atoms with E-state index in [1.165, 1.54) is 34.2 Å². The van der Waals surface area contributed by atoms with Crippen LogP contribution >= 0.6 is 11.6 Å². The Labute approximate surface area is 221 Å². The Balaban J connectivity index is 1.54. The van der Waals surface area contributed by atoms with Gasteiger partial charge >= 0.3 is 12.4 Å². The number of carbonyl (C=O) groups excluding carboxylic acids is 3. The van der Waals surface area contributed by atoms with E-state index in [4.69, 9.17) is 11.6 Å². The molecule has 3 aromatic rings. The number of carbonyl (C=O) groups is 3. The van der Waals surface area contributed by atoms with E-state index in [0.717, 1.165) is 17.0 Å². The highest BCUT2D eigenvalue weighted by Crippen LogP contribution is 2.34. The molecule has 0 atom stereocenters. The first kappa shape index (κ1) is 26.9. The van der Waals surface area contributed by atoms with Crippen molar-refractivity contribution in [2.45, 2.75) is 32.3 Å². The van der Waals surface area contributed by atoms with Crippen LogP contribution in [0.4, 0.5) is 29.3 Å². The van der Waals surface area contributed by atoms with Crippen molar-refractivity contribution in [3.63, 3.8) is 0 Å². The summed E-state index contributed by atoms with van der Waals surface area (Å²) in [6.45, 7) is 3.11. The number of hydrogen-bond donors (Lipinski definition) is 0. The minimum atomic E-state index is -4.87. The fraction of sp³-hybridized carbons (Fsp3) is 0.231. The monoisotopic (exact) mass is 546 g/mol. The number of benzene rings is 2. The number of urea groups is 1. The van der Waals surface area contributed by atoms with Crippen LogP contribution in [0.5, 0.6) is 5.75 Å². The maximum absolute atomic E-state index is 13.3. The number of amides is 4. The van der Waals surface area contributed by atoms with Crippen molar-refractivity contribution < 1.29 is 32.3 Å². The predicted octanol–water partition coefficient (Wildman–Crippen LogP) is 5.66. The molecule has 1 saturated heterocycles. The van der Waals surface area contributed by atoms with E-state index >= 15 is 0 Å². The topological polar surface area (TPSA) is 83.0 Å². The molecule has 0 bridgehead atoms. The van der Waals surface area contributed by atoms with Crippen LogP contribution in [-0.4, -0.2) is 46.7 Å². The molecule has 1 aromatic heterocycles. The van der Waals surface area contributed by atoms with E-state index in [2.05, 4.69) is 9.72 Å². The summed E-state index contributed by atoms with van der Waals surface area (Å²) in [5.41, 5.74) is 0.118. The largest absolute Gasteiger partial charge is 0.573 e.